The van der Waals surface area contributed by atoms with E-state index in [-0.39, 0.29) is 25.9 Å². The van der Waals surface area contributed by atoms with E-state index in [4.69, 9.17) is 19.9 Å². The van der Waals surface area contributed by atoms with Crippen LogP contribution < -0.4 is 5.73 Å². The molecule has 4 N–H and O–H groups in total. The van der Waals surface area contributed by atoms with Gasteiger partial charge in [0, 0.05) is 12.8 Å². The maximum atomic E-state index is 13.3. The Hall–Kier alpha value is -3.25. The Balaban J connectivity index is 4.93. The van der Waals surface area contributed by atoms with E-state index in [0.717, 1.165) is 81.9 Å². The molecule has 0 aromatic rings. The molecule has 354 valence electrons. The molecular weight excluding hydrogens is 777 g/mol. The minimum absolute atomic E-state index is 0.126. The fraction of sp³-hybridized carbons (Fsp3) is 0.816. The van der Waals surface area contributed by atoms with Crippen LogP contribution in [0, 0.1) is 0 Å². The summed E-state index contributed by atoms with van der Waals surface area (Å²) in [6, 6.07) is -1.17. The number of rotatable bonds is 45. The van der Waals surface area contributed by atoms with Crippen molar-refractivity contribution in [1.29, 1.82) is 0 Å². The van der Waals surface area contributed by atoms with E-state index < -0.39 is 61.7 Å². The summed E-state index contributed by atoms with van der Waals surface area (Å²) in [5.74, 6) is -4.37. The molecule has 0 saturated heterocycles. The topological polar surface area (TPSA) is 183 Å². The van der Waals surface area contributed by atoms with Crippen molar-refractivity contribution in [2.45, 2.75) is 225 Å². The van der Waals surface area contributed by atoms with Crippen LogP contribution in [0.15, 0.2) is 24.3 Å². The predicted molar refractivity (Wildman–Crippen MR) is 244 cm³/mol. The molecular formula is C49H88N2O10. The fourth-order valence-electron chi connectivity index (χ4n) is 7.13. The highest BCUT2D eigenvalue weighted by Crippen LogP contribution is 2.15. The lowest BCUT2D eigenvalue weighted by Crippen LogP contribution is -2.48. The normalized spacial score (nSPS) is 12.6. The zero-order chi connectivity index (χ0) is 45.0. The molecule has 12 nitrogen and oxygen atoms in total. The number of allylic oxidation sites excluding steroid dienone is 4. The Morgan fingerprint density at radius 2 is 0.902 bits per heavy atom. The first-order chi connectivity index (χ1) is 29.6. The molecule has 0 spiro atoms. The fourth-order valence-corrected chi connectivity index (χ4v) is 7.13. The Bertz CT molecular complexity index is 1140. The molecule has 0 aliphatic rings. The molecule has 0 fully saturated rings. The summed E-state index contributed by atoms with van der Waals surface area (Å²) in [6.07, 6.45) is 39.2. The van der Waals surface area contributed by atoms with Crippen LogP contribution in [0.5, 0.6) is 0 Å². The van der Waals surface area contributed by atoms with Gasteiger partial charge in [-0.15, -0.1) is 0 Å². The summed E-state index contributed by atoms with van der Waals surface area (Å²) in [7, 11) is 0. The van der Waals surface area contributed by atoms with Crippen molar-refractivity contribution < 1.29 is 48.4 Å². The number of nitrogens with two attached hydrogens (primary N) is 1. The maximum absolute atomic E-state index is 13.3. The monoisotopic (exact) mass is 865 g/mol. The van der Waals surface area contributed by atoms with E-state index in [2.05, 4.69) is 38.2 Å². The third-order valence-corrected chi connectivity index (χ3v) is 10.7. The van der Waals surface area contributed by atoms with Crippen LogP contribution in [-0.4, -0.2) is 90.0 Å². The molecule has 0 rings (SSSR count). The van der Waals surface area contributed by atoms with Gasteiger partial charge < -0.3 is 30.2 Å². The van der Waals surface area contributed by atoms with Gasteiger partial charge in [-0.05, 0) is 83.6 Å². The number of hydrogen-bond donors (Lipinski definition) is 3. The average Bonchev–Trinajstić information content (AvgIpc) is 3.22. The lowest BCUT2D eigenvalue weighted by molar-refractivity contribution is -0.169. The van der Waals surface area contributed by atoms with Gasteiger partial charge in [-0.3, -0.25) is 28.9 Å². The molecule has 0 heterocycles. The van der Waals surface area contributed by atoms with Crippen molar-refractivity contribution in [3.63, 3.8) is 0 Å². The summed E-state index contributed by atoms with van der Waals surface area (Å²) in [5, 5.41) is 18.8. The first-order valence-corrected chi connectivity index (χ1v) is 24.3. The summed E-state index contributed by atoms with van der Waals surface area (Å²) < 4.78 is 16.6. The first kappa shape index (κ1) is 57.8. The smallest absolute Gasteiger partial charge is 0.323 e. The second-order valence-corrected chi connectivity index (χ2v) is 16.6. The molecule has 0 aromatic carbocycles. The lowest BCUT2D eigenvalue weighted by atomic mass is 10.1. The molecule has 0 saturated carbocycles. The van der Waals surface area contributed by atoms with Gasteiger partial charge in [0.1, 0.15) is 19.3 Å². The van der Waals surface area contributed by atoms with Gasteiger partial charge in [0.05, 0.1) is 13.1 Å². The van der Waals surface area contributed by atoms with E-state index >= 15 is 0 Å². The third kappa shape index (κ3) is 39.3. The number of carboxylic acid groups (broad SMARTS) is 2. The van der Waals surface area contributed by atoms with Crippen LogP contribution in [-0.2, 0) is 38.2 Å². The molecule has 0 bridgehead atoms. The van der Waals surface area contributed by atoms with Gasteiger partial charge >= 0.3 is 29.8 Å². The number of hydrogen-bond acceptors (Lipinski definition) is 10. The predicted octanol–water partition coefficient (Wildman–Crippen LogP) is 11.0. The van der Waals surface area contributed by atoms with Gasteiger partial charge in [0.25, 0.3) is 0 Å². The highest BCUT2D eigenvalue weighted by Gasteiger charge is 2.31. The maximum Gasteiger partial charge on any atom is 0.323 e. The summed E-state index contributed by atoms with van der Waals surface area (Å²) >= 11 is 0. The second-order valence-electron chi connectivity index (χ2n) is 16.6. The van der Waals surface area contributed by atoms with Gasteiger partial charge in [0.2, 0.25) is 0 Å². The van der Waals surface area contributed by atoms with Crippen molar-refractivity contribution in [2.75, 3.05) is 32.8 Å². The van der Waals surface area contributed by atoms with Crippen molar-refractivity contribution >= 4 is 29.8 Å². The van der Waals surface area contributed by atoms with Crippen LogP contribution >= 0.6 is 0 Å². The van der Waals surface area contributed by atoms with E-state index in [9.17, 15) is 34.2 Å². The molecule has 2 atom stereocenters. The van der Waals surface area contributed by atoms with Crippen LogP contribution in [0.25, 0.3) is 0 Å². The number of nitrogens with zero attached hydrogens (tertiary/aromatic N) is 1. The average molecular weight is 865 g/mol. The zero-order valence-corrected chi connectivity index (χ0v) is 38.6. The molecule has 0 radical (unpaired) electrons. The van der Waals surface area contributed by atoms with E-state index in [1.807, 2.05) is 0 Å². The van der Waals surface area contributed by atoms with Crippen LogP contribution in [0.1, 0.15) is 213 Å². The van der Waals surface area contributed by atoms with E-state index in [1.54, 1.807) is 0 Å². The van der Waals surface area contributed by atoms with Gasteiger partial charge in [0.15, 0.2) is 6.10 Å². The largest absolute Gasteiger partial charge is 0.480 e. The van der Waals surface area contributed by atoms with Gasteiger partial charge in [-0.25, -0.2) is 0 Å². The number of carbonyl (C=O) groups excluding carboxylic acids is 3. The standard InChI is InChI=1S/C49H88N2O10/c1-3-5-7-9-11-13-15-17-19-21-23-25-27-29-31-36-47(56)59-41-43(42-60-49(58)44(35-33-34-38-50)51(39-45(52)53)40-46(54)55)61-48(57)37-32-30-28-26-24-22-20-18-16-14-12-10-8-6-4-2/h17-20,43-44H,3-16,21-42,50H2,1-2H3,(H,52,53)(H,54,55)/b19-17-,20-18-/t43-,44?/m1/s1. The van der Waals surface area contributed by atoms with Crippen molar-refractivity contribution in [2.24, 2.45) is 5.73 Å². The third-order valence-electron chi connectivity index (χ3n) is 10.7. The summed E-state index contributed by atoms with van der Waals surface area (Å²) in [6.45, 7) is 2.72. The Morgan fingerprint density at radius 1 is 0.508 bits per heavy atom. The molecule has 1 unspecified atom stereocenters. The van der Waals surface area contributed by atoms with Gasteiger partial charge in [-0.2, -0.15) is 0 Å². The Labute approximate surface area is 370 Å². The Morgan fingerprint density at radius 3 is 1.33 bits per heavy atom. The summed E-state index contributed by atoms with van der Waals surface area (Å²) in [4.78, 5) is 63.0. The van der Waals surface area contributed by atoms with E-state index in [1.165, 1.54) is 77.0 Å². The number of aliphatic carboxylic acids is 2. The number of esters is 3. The van der Waals surface area contributed by atoms with Crippen molar-refractivity contribution in [3.05, 3.63) is 24.3 Å². The first-order valence-electron chi connectivity index (χ1n) is 24.3. The zero-order valence-electron chi connectivity index (χ0n) is 38.6. The number of ether oxygens (including phenoxy) is 3. The van der Waals surface area contributed by atoms with E-state index in [0.29, 0.717) is 32.2 Å². The highest BCUT2D eigenvalue weighted by atomic mass is 16.6. The SMILES string of the molecule is CCCCCCCC/C=C\CCCCCCCC(=O)OC[C@H](COC(=O)C(CCCCN)N(CC(=O)O)CC(=O)O)OC(=O)CCCCCCC/C=C\CCCCCCCC. The molecule has 12 heteroatoms. The highest BCUT2D eigenvalue weighted by molar-refractivity contribution is 5.79. The lowest BCUT2D eigenvalue weighted by Gasteiger charge is -2.28. The quantitative estimate of drug-likeness (QED) is 0.0228. The van der Waals surface area contributed by atoms with Gasteiger partial charge in [-0.1, -0.05) is 147 Å². The van der Waals surface area contributed by atoms with Crippen LogP contribution in [0.4, 0.5) is 0 Å². The minimum Gasteiger partial charge on any atom is -0.480 e. The summed E-state index contributed by atoms with van der Waals surface area (Å²) in [5.41, 5.74) is 5.61. The van der Waals surface area contributed by atoms with Crippen molar-refractivity contribution in [3.8, 4) is 0 Å². The molecule has 61 heavy (non-hydrogen) atoms. The van der Waals surface area contributed by atoms with Crippen LogP contribution in [0.3, 0.4) is 0 Å². The molecule has 0 aliphatic heterocycles. The molecule has 0 aliphatic carbocycles. The Kier molecular flexibility index (Phi) is 41.1. The minimum atomic E-state index is -1.29. The number of unbranched alkanes of at least 4 members (excludes halogenated alkanes) is 23. The molecule has 0 amide bonds. The van der Waals surface area contributed by atoms with Crippen molar-refractivity contribution in [1.82, 2.24) is 4.90 Å². The van der Waals surface area contributed by atoms with Crippen LogP contribution in [0.2, 0.25) is 0 Å². The number of carboxylic acids is 2. The number of carbonyl (C=O) groups is 5. The second kappa shape index (κ2) is 43.4. The molecule has 0 aromatic heterocycles.